The van der Waals surface area contributed by atoms with Gasteiger partial charge in [-0.05, 0) is 49.6 Å². The number of carbonyl (C=O) groups excluding carboxylic acids is 2. The number of hydrogen-bond acceptors (Lipinski definition) is 6. The van der Waals surface area contributed by atoms with E-state index in [1.807, 2.05) is 67.6 Å². The molecule has 1 aromatic heterocycles. The Morgan fingerprint density at radius 3 is 2.59 bits per heavy atom. The van der Waals surface area contributed by atoms with Crippen molar-refractivity contribution in [3.05, 3.63) is 113 Å². The highest BCUT2D eigenvalue weighted by Gasteiger charge is 2.35. The lowest BCUT2D eigenvalue weighted by Crippen LogP contribution is -2.33. The molecule has 0 bridgehead atoms. The Balaban J connectivity index is 1.58. The van der Waals surface area contributed by atoms with Gasteiger partial charge in [0.1, 0.15) is 5.75 Å². The van der Waals surface area contributed by atoms with Crippen LogP contribution in [-0.4, -0.2) is 28.8 Å². The van der Waals surface area contributed by atoms with Gasteiger partial charge >= 0.3 is 5.97 Å². The molecule has 4 aromatic rings. The van der Waals surface area contributed by atoms with E-state index < -0.39 is 5.60 Å². The number of esters is 1. The number of methoxy groups -OCH3 is 1. The van der Waals surface area contributed by atoms with Gasteiger partial charge in [-0.3, -0.25) is 4.79 Å². The van der Waals surface area contributed by atoms with Crippen molar-refractivity contribution in [3.8, 4) is 5.75 Å². The molecule has 0 amide bonds. The van der Waals surface area contributed by atoms with E-state index in [-0.39, 0.29) is 11.8 Å². The molecule has 5 rings (SSSR count). The smallest absolute Gasteiger partial charge is 0.338 e. The van der Waals surface area contributed by atoms with Gasteiger partial charge in [-0.2, -0.15) is 0 Å². The summed E-state index contributed by atoms with van der Waals surface area (Å²) in [6.07, 6.45) is 5.66. The van der Waals surface area contributed by atoms with Crippen LogP contribution in [0.1, 0.15) is 63.0 Å². The van der Waals surface area contributed by atoms with Gasteiger partial charge in [0.05, 0.1) is 12.7 Å². The van der Waals surface area contributed by atoms with Crippen molar-refractivity contribution in [1.29, 1.82) is 0 Å². The summed E-state index contributed by atoms with van der Waals surface area (Å²) in [5, 5.41) is 0. The normalized spacial score (nSPS) is 14.5. The zero-order valence-electron chi connectivity index (χ0n) is 20.8. The minimum absolute atomic E-state index is 0.158. The van der Waals surface area contributed by atoms with Crippen molar-refractivity contribution >= 4 is 23.5 Å². The Bertz CT molecular complexity index is 1420. The minimum atomic E-state index is -0.888. The maximum atomic E-state index is 12.8. The van der Waals surface area contributed by atoms with E-state index >= 15 is 0 Å². The molecule has 0 saturated heterocycles. The number of fused-ring (bicyclic) bond motifs is 1. The number of Topliss-reactive ketones (excluding diaryl/α,β-unsaturated/α-hetero) is 1. The second-order valence-corrected chi connectivity index (χ2v) is 10.1. The zero-order chi connectivity index (χ0) is 25.8. The van der Waals surface area contributed by atoms with E-state index in [9.17, 15) is 9.59 Å². The Labute approximate surface area is 220 Å². The largest absolute Gasteiger partial charge is 0.475 e. The van der Waals surface area contributed by atoms with Crippen molar-refractivity contribution in [1.82, 2.24) is 9.97 Å². The highest BCUT2D eigenvalue weighted by molar-refractivity contribution is 7.98. The quantitative estimate of drug-likeness (QED) is 0.219. The standard InChI is InChI=1S/C30H28N2O4S/c1-30(29-31-17-18-32-29,20-9-4-3-5-10-20)36-26-16-15-22-21(12-8-13-25(22)33)24(26)19-37-27-14-7-6-11-23(27)28(34)35-2/h3-7,9-11,14-18H,8,12-13,19H2,1-2H3,(H,31,32)/t30-/m0/s1. The first-order valence-electron chi connectivity index (χ1n) is 12.2. The van der Waals surface area contributed by atoms with Crippen molar-refractivity contribution in [2.45, 2.75) is 42.4 Å². The van der Waals surface area contributed by atoms with Gasteiger partial charge in [-0.15, -0.1) is 11.8 Å². The predicted molar refractivity (Wildman–Crippen MR) is 143 cm³/mol. The summed E-state index contributed by atoms with van der Waals surface area (Å²) in [5.41, 5.74) is 3.32. The summed E-state index contributed by atoms with van der Waals surface area (Å²) >= 11 is 1.54. The van der Waals surface area contributed by atoms with Gasteiger partial charge in [-0.1, -0.05) is 42.5 Å². The number of carbonyl (C=O) groups is 2. The summed E-state index contributed by atoms with van der Waals surface area (Å²) in [7, 11) is 1.38. The van der Waals surface area contributed by atoms with E-state index in [0.717, 1.165) is 40.0 Å². The van der Waals surface area contributed by atoms with Crippen molar-refractivity contribution in [2.24, 2.45) is 0 Å². The predicted octanol–water partition coefficient (Wildman–Crippen LogP) is 6.35. The summed E-state index contributed by atoms with van der Waals surface area (Å²) in [6.45, 7) is 2.00. The van der Waals surface area contributed by atoms with Gasteiger partial charge < -0.3 is 14.5 Å². The summed E-state index contributed by atoms with van der Waals surface area (Å²) in [5.74, 6) is 1.69. The number of H-pyrrole nitrogens is 1. The fraction of sp³-hybridized carbons (Fsp3) is 0.233. The number of ketones is 1. The molecular formula is C30H28N2O4S. The van der Waals surface area contributed by atoms with Crippen LogP contribution in [0.25, 0.3) is 0 Å². The van der Waals surface area contributed by atoms with Crippen LogP contribution in [0.2, 0.25) is 0 Å². The third-order valence-corrected chi connectivity index (χ3v) is 7.87. The zero-order valence-corrected chi connectivity index (χ0v) is 21.6. The number of ether oxygens (including phenoxy) is 2. The van der Waals surface area contributed by atoms with Crippen LogP contribution in [0.3, 0.4) is 0 Å². The number of nitrogens with zero attached hydrogens (tertiary/aromatic N) is 1. The van der Waals surface area contributed by atoms with E-state index in [2.05, 4.69) is 9.97 Å². The number of thioether (sulfide) groups is 1. The Morgan fingerprint density at radius 1 is 1.05 bits per heavy atom. The molecular weight excluding hydrogens is 484 g/mol. The molecule has 1 atom stereocenters. The molecule has 37 heavy (non-hydrogen) atoms. The SMILES string of the molecule is COC(=O)c1ccccc1SCc1c(O[C@@](C)(c2ccccc2)c2ncc[nH]2)ccc2c1CCCC2=O. The molecule has 1 N–H and O–H groups in total. The van der Waals surface area contributed by atoms with Gasteiger partial charge in [0.25, 0.3) is 0 Å². The van der Waals surface area contributed by atoms with E-state index in [1.54, 1.807) is 18.5 Å². The highest BCUT2D eigenvalue weighted by Crippen LogP contribution is 2.40. The average Bonchev–Trinajstić information content (AvgIpc) is 3.49. The number of hydrogen-bond donors (Lipinski definition) is 1. The highest BCUT2D eigenvalue weighted by atomic mass is 32.2. The molecule has 1 heterocycles. The molecule has 1 aliphatic rings. The molecule has 0 saturated carbocycles. The van der Waals surface area contributed by atoms with Crippen LogP contribution >= 0.6 is 11.8 Å². The minimum Gasteiger partial charge on any atom is -0.475 e. The molecule has 0 radical (unpaired) electrons. The second-order valence-electron chi connectivity index (χ2n) is 9.06. The number of imidazole rings is 1. The fourth-order valence-electron chi connectivity index (χ4n) is 4.80. The first-order chi connectivity index (χ1) is 18.0. The molecule has 6 nitrogen and oxygen atoms in total. The van der Waals surface area contributed by atoms with Gasteiger partial charge in [0, 0.05) is 46.2 Å². The molecule has 0 aliphatic heterocycles. The van der Waals surface area contributed by atoms with Gasteiger partial charge in [0.2, 0.25) is 0 Å². The van der Waals surface area contributed by atoms with E-state index in [0.29, 0.717) is 29.3 Å². The van der Waals surface area contributed by atoms with Crippen LogP contribution in [0.15, 0.2) is 84.0 Å². The van der Waals surface area contributed by atoms with Crippen LogP contribution in [0.4, 0.5) is 0 Å². The Kier molecular flexibility index (Phi) is 7.15. The van der Waals surface area contributed by atoms with Crippen LogP contribution in [0, 0.1) is 0 Å². The monoisotopic (exact) mass is 512 g/mol. The van der Waals surface area contributed by atoms with Crippen molar-refractivity contribution < 1.29 is 19.1 Å². The number of benzene rings is 3. The van der Waals surface area contributed by atoms with E-state index in [1.165, 1.54) is 18.9 Å². The first-order valence-corrected chi connectivity index (χ1v) is 13.2. The molecule has 1 aliphatic carbocycles. The lowest BCUT2D eigenvalue weighted by molar-refractivity contribution is 0.0596. The van der Waals surface area contributed by atoms with Gasteiger partial charge in [0.15, 0.2) is 17.2 Å². The summed E-state index contributed by atoms with van der Waals surface area (Å²) < 4.78 is 11.8. The molecule has 0 spiro atoms. The number of aromatic nitrogens is 2. The van der Waals surface area contributed by atoms with Crippen molar-refractivity contribution in [3.63, 3.8) is 0 Å². The lowest BCUT2D eigenvalue weighted by Gasteiger charge is -2.32. The number of aromatic amines is 1. The van der Waals surface area contributed by atoms with Gasteiger partial charge in [-0.25, -0.2) is 9.78 Å². The maximum Gasteiger partial charge on any atom is 0.338 e. The second kappa shape index (κ2) is 10.6. The summed E-state index contributed by atoms with van der Waals surface area (Å²) in [6, 6.07) is 21.1. The fourth-order valence-corrected chi connectivity index (χ4v) is 5.90. The molecule has 0 fully saturated rings. The van der Waals surface area contributed by atoms with Crippen LogP contribution in [-0.2, 0) is 22.5 Å². The lowest BCUT2D eigenvalue weighted by atomic mass is 9.87. The Morgan fingerprint density at radius 2 is 1.84 bits per heavy atom. The summed E-state index contributed by atoms with van der Waals surface area (Å²) in [4.78, 5) is 33.7. The third kappa shape index (κ3) is 4.91. The Hall–Kier alpha value is -3.84. The number of nitrogens with one attached hydrogen (secondary N) is 1. The number of rotatable bonds is 8. The first kappa shape index (κ1) is 24.8. The molecule has 0 unspecified atom stereocenters. The molecule has 3 aromatic carbocycles. The average molecular weight is 513 g/mol. The van der Waals surface area contributed by atoms with Crippen LogP contribution < -0.4 is 4.74 Å². The topological polar surface area (TPSA) is 81.3 Å². The van der Waals surface area contributed by atoms with Crippen LogP contribution in [0.5, 0.6) is 5.75 Å². The molecule has 188 valence electrons. The van der Waals surface area contributed by atoms with E-state index in [4.69, 9.17) is 9.47 Å². The third-order valence-electron chi connectivity index (χ3n) is 6.77. The van der Waals surface area contributed by atoms with Crippen molar-refractivity contribution in [2.75, 3.05) is 7.11 Å². The molecule has 7 heteroatoms. The maximum absolute atomic E-state index is 12.8.